The van der Waals surface area contributed by atoms with E-state index in [9.17, 15) is 14.4 Å². The van der Waals surface area contributed by atoms with Crippen LogP contribution in [0.15, 0.2) is 36.4 Å². The molecule has 1 spiro atoms. The molecule has 36 heavy (non-hydrogen) atoms. The first kappa shape index (κ1) is 22.6. The van der Waals surface area contributed by atoms with E-state index in [0.29, 0.717) is 21.8 Å². The standard InChI is InChI=1S/C26H21FN4O4S/c1-13-12-31-21-16(11-26(22(31)14(2)35-13)23(32)29-25(34)30-24(26)33)9-15(10-17(21)27)7-8-20-28-18-5-3-4-6-19(18)36-20/h3-6,9-10,13-14,22H,11-12H2,1-2H3,(H2,29,30,32,33,34)/t13-,14+,22-/m1/s1. The van der Waals surface area contributed by atoms with Gasteiger partial charge >= 0.3 is 6.03 Å². The average Bonchev–Trinajstić information content (AvgIpc) is 3.23. The number of halogens is 1. The van der Waals surface area contributed by atoms with Gasteiger partial charge in [-0.05, 0) is 49.6 Å². The summed E-state index contributed by atoms with van der Waals surface area (Å²) in [5.41, 5.74) is 0.389. The maximum atomic E-state index is 15.6. The normalized spacial score (nSPS) is 24.5. The number of thiazole rings is 1. The smallest absolute Gasteiger partial charge is 0.328 e. The molecule has 10 heteroatoms. The van der Waals surface area contributed by atoms with Crippen molar-refractivity contribution in [3.63, 3.8) is 0 Å². The molecule has 2 saturated heterocycles. The zero-order chi connectivity index (χ0) is 25.2. The minimum atomic E-state index is -1.66. The molecule has 0 radical (unpaired) electrons. The maximum absolute atomic E-state index is 15.6. The minimum absolute atomic E-state index is 0.0931. The van der Waals surface area contributed by atoms with Crippen LogP contribution in [0.2, 0.25) is 0 Å². The van der Waals surface area contributed by atoms with Gasteiger partial charge < -0.3 is 9.64 Å². The Morgan fingerprint density at radius 2 is 1.89 bits per heavy atom. The Balaban J connectivity index is 1.46. The molecular formula is C26H21FN4O4S. The number of nitrogens with zero attached hydrogens (tertiary/aromatic N) is 2. The number of ether oxygens (including phenoxy) is 1. The van der Waals surface area contributed by atoms with Crippen molar-refractivity contribution < 1.29 is 23.5 Å². The number of aromatic nitrogens is 1. The van der Waals surface area contributed by atoms with Crippen molar-refractivity contribution in [1.29, 1.82) is 0 Å². The minimum Gasteiger partial charge on any atom is -0.372 e. The Hall–Kier alpha value is -3.81. The lowest BCUT2D eigenvalue weighted by atomic mass is 9.66. The van der Waals surface area contributed by atoms with Gasteiger partial charge in [0.05, 0.1) is 34.2 Å². The number of morpholine rings is 1. The lowest BCUT2D eigenvalue weighted by Crippen LogP contribution is -2.75. The number of imide groups is 2. The summed E-state index contributed by atoms with van der Waals surface area (Å²) in [7, 11) is 0. The second kappa shape index (κ2) is 8.11. The lowest BCUT2D eigenvalue weighted by Gasteiger charge is -2.55. The van der Waals surface area contributed by atoms with E-state index in [2.05, 4.69) is 27.5 Å². The number of urea groups is 1. The van der Waals surface area contributed by atoms with Crippen LogP contribution in [0.3, 0.4) is 0 Å². The van der Waals surface area contributed by atoms with E-state index < -0.39 is 41.2 Å². The fourth-order valence-electron chi connectivity index (χ4n) is 5.66. The van der Waals surface area contributed by atoms with E-state index >= 15 is 4.39 Å². The molecule has 4 heterocycles. The van der Waals surface area contributed by atoms with Crippen molar-refractivity contribution in [1.82, 2.24) is 15.6 Å². The van der Waals surface area contributed by atoms with Crippen molar-refractivity contribution in [3.05, 3.63) is 58.3 Å². The van der Waals surface area contributed by atoms with Crippen LogP contribution in [-0.4, -0.2) is 47.6 Å². The Labute approximate surface area is 209 Å². The zero-order valence-electron chi connectivity index (χ0n) is 19.4. The summed E-state index contributed by atoms with van der Waals surface area (Å²) in [4.78, 5) is 44.6. The van der Waals surface area contributed by atoms with Gasteiger partial charge in [0, 0.05) is 18.5 Å². The average molecular weight is 505 g/mol. The van der Waals surface area contributed by atoms with Crippen LogP contribution in [0.4, 0.5) is 14.9 Å². The van der Waals surface area contributed by atoms with E-state index in [4.69, 9.17) is 4.74 Å². The Kier molecular flexibility index (Phi) is 5.10. The highest BCUT2D eigenvalue weighted by Gasteiger charge is 2.63. The molecule has 0 unspecified atom stereocenters. The molecule has 3 aromatic rings. The molecule has 0 aliphatic carbocycles. The van der Waals surface area contributed by atoms with Crippen LogP contribution in [0, 0.1) is 23.1 Å². The van der Waals surface area contributed by atoms with E-state index in [0.717, 1.165) is 10.2 Å². The first-order valence-electron chi connectivity index (χ1n) is 11.6. The highest BCUT2D eigenvalue weighted by molar-refractivity contribution is 7.19. The van der Waals surface area contributed by atoms with Gasteiger partial charge in [0.1, 0.15) is 5.82 Å². The second-order valence-corrected chi connectivity index (χ2v) is 10.4. The molecule has 3 atom stereocenters. The molecule has 8 nitrogen and oxygen atoms in total. The zero-order valence-corrected chi connectivity index (χ0v) is 20.2. The first-order valence-corrected chi connectivity index (χ1v) is 12.4. The van der Waals surface area contributed by atoms with Crippen molar-refractivity contribution in [2.45, 2.75) is 38.5 Å². The third kappa shape index (κ3) is 3.38. The largest absolute Gasteiger partial charge is 0.372 e. The molecule has 3 aliphatic heterocycles. The summed E-state index contributed by atoms with van der Waals surface area (Å²) >= 11 is 1.44. The number of benzene rings is 2. The fraction of sp³-hybridized carbons (Fsp3) is 0.308. The van der Waals surface area contributed by atoms with E-state index in [1.165, 1.54) is 17.4 Å². The Morgan fingerprint density at radius 3 is 2.64 bits per heavy atom. The Bertz CT molecular complexity index is 1470. The number of anilines is 1. The van der Waals surface area contributed by atoms with Crippen molar-refractivity contribution in [2.24, 2.45) is 5.41 Å². The molecule has 1 aromatic heterocycles. The van der Waals surface area contributed by atoms with Crippen LogP contribution in [-0.2, 0) is 20.7 Å². The van der Waals surface area contributed by atoms with Crippen molar-refractivity contribution in [2.75, 3.05) is 11.4 Å². The third-order valence-corrected chi connectivity index (χ3v) is 7.91. The number of carbonyl (C=O) groups is 3. The predicted octanol–water partition coefficient (Wildman–Crippen LogP) is 2.73. The summed E-state index contributed by atoms with van der Waals surface area (Å²) in [5.74, 6) is 4.07. The van der Waals surface area contributed by atoms with Gasteiger partial charge in [-0.3, -0.25) is 20.2 Å². The number of rotatable bonds is 0. The van der Waals surface area contributed by atoms with Gasteiger partial charge in [-0.2, -0.15) is 0 Å². The molecule has 3 aliphatic rings. The lowest BCUT2D eigenvalue weighted by molar-refractivity contribution is -0.153. The Morgan fingerprint density at radius 1 is 1.14 bits per heavy atom. The highest BCUT2D eigenvalue weighted by Crippen LogP contribution is 2.47. The number of hydrogen-bond acceptors (Lipinski definition) is 7. The number of nitrogens with one attached hydrogen (secondary N) is 2. The number of carbonyl (C=O) groups excluding carboxylic acids is 3. The summed E-state index contributed by atoms with van der Waals surface area (Å²) in [6.07, 6.45) is -0.914. The van der Waals surface area contributed by atoms with Crippen LogP contribution in [0.25, 0.3) is 10.2 Å². The first-order chi connectivity index (χ1) is 17.3. The molecule has 2 fully saturated rings. The van der Waals surface area contributed by atoms with Gasteiger partial charge in [0.25, 0.3) is 0 Å². The monoisotopic (exact) mass is 504 g/mol. The molecule has 2 aromatic carbocycles. The SMILES string of the molecule is C[C@@H]1CN2c3c(F)cc(C#Cc4nc5ccccc5s4)cc3CC3(C(=O)NC(=O)NC3=O)[C@H]2[C@H](C)O1. The maximum Gasteiger partial charge on any atom is 0.328 e. The molecule has 182 valence electrons. The van der Waals surface area contributed by atoms with Crippen LogP contribution in [0.5, 0.6) is 0 Å². The van der Waals surface area contributed by atoms with Crippen LogP contribution < -0.4 is 15.5 Å². The van der Waals surface area contributed by atoms with Crippen molar-refractivity contribution in [3.8, 4) is 11.8 Å². The number of barbiturate groups is 1. The molecule has 6 rings (SSSR count). The molecule has 2 N–H and O–H groups in total. The third-order valence-electron chi connectivity index (χ3n) is 6.96. The van der Waals surface area contributed by atoms with Gasteiger partial charge in [-0.25, -0.2) is 14.2 Å². The fourth-order valence-corrected chi connectivity index (χ4v) is 6.48. The second-order valence-electron chi connectivity index (χ2n) is 9.34. The summed E-state index contributed by atoms with van der Waals surface area (Å²) < 4.78 is 22.6. The van der Waals surface area contributed by atoms with Crippen LogP contribution in [0.1, 0.15) is 30.0 Å². The molecule has 0 bridgehead atoms. The quantitative estimate of drug-likeness (QED) is 0.361. The molecule has 0 saturated carbocycles. The molecule has 4 amide bonds. The summed E-state index contributed by atoms with van der Waals surface area (Å²) in [6.45, 7) is 3.90. The number of amides is 4. The summed E-state index contributed by atoms with van der Waals surface area (Å²) in [5, 5.41) is 5.07. The number of fused-ring (bicyclic) bond motifs is 5. The van der Waals surface area contributed by atoms with E-state index in [-0.39, 0.29) is 19.1 Å². The van der Waals surface area contributed by atoms with Gasteiger partial charge in [-0.1, -0.05) is 18.1 Å². The molecular weight excluding hydrogens is 483 g/mol. The van der Waals surface area contributed by atoms with Crippen molar-refractivity contribution >= 4 is 45.1 Å². The topological polar surface area (TPSA) is 101 Å². The summed E-state index contributed by atoms with van der Waals surface area (Å²) in [6, 6.07) is 9.11. The highest BCUT2D eigenvalue weighted by atomic mass is 32.1. The van der Waals surface area contributed by atoms with E-state index in [1.54, 1.807) is 17.9 Å². The predicted molar refractivity (Wildman–Crippen MR) is 131 cm³/mol. The van der Waals surface area contributed by atoms with Crippen LogP contribution >= 0.6 is 11.3 Å². The van der Waals surface area contributed by atoms with E-state index in [1.807, 2.05) is 31.2 Å². The number of para-hydroxylation sites is 1. The van der Waals surface area contributed by atoms with Gasteiger partial charge in [-0.15, -0.1) is 11.3 Å². The van der Waals surface area contributed by atoms with Gasteiger partial charge in [0.2, 0.25) is 11.8 Å². The number of hydrogen-bond donors (Lipinski definition) is 2. The van der Waals surface area contributed by atoms with Gasteiger partial charge in [0.15, 0.2) is 10.4 Å².